The van der Waals surface area contributed by atoms with E-state index in [1.54, 1.807) is 20.4 Å². The molecule has 0 spiro atoms. The lowest BCUT2D eigenvalue weighted by Gasteiger charge is -2.42. The molecule has 1 aliphatic heterocycles. The zero-order valence-corrected chi connectivity index (χ0v) is 13.1. The van der Waals surface area contributed by atoms with Crippen LogP contribution in [0, 0.1) is 0 Å². The number of hydrogen-bond acceptors (Lipinski definition) is 5. The number of methoxy groups -OCH3 is 2. The molecule has 2 rings (SSSR count). The molecule has 1 aromatic heterocycles. The summed E-state index contributed by atoms with van der Waals surface area (Å²) in [6, 6.07) is 2.93. The average molecular weight is 279 g/mol. The zero-order valence-electron chi connectivity index (χ0n) is 13.1. The third-order valence-electron chi connectivity index (χ3n) is 4.17. The monoisotopic (exact) mass is 279 g/mol. The summed E-state index contributed by atoms with van der Waals surface area (Å²) in [6.07, 6.45) is 1.78. The number of piperazine rings is 1. The molecule has 1 saturated heterocycles. The van der Waals surface area contributed by atoms with Crippen LogP contribution >= 0.6 is 0 Å². The molecule has 5 heteroatoms. The van der Waals surface area contributed by atoms with Gasteiger partial charge in [0.25, 0.3) is 0 Å². The Hall–Kier alpha value is -1.33. The SMILES string of the molecule is COc1ccnc(CN2C[C@@H](C)N(C)[C@H](C)C2)c1OC. The Balaban J connectivity index is 2.14. The van der Waals surface area contributed by atoms with Crippen LogP contribution < -0.4 is 9.47 Å². The van der Waals surface area contributed by atoms with Gasteiger partial charge in [0.2, 0.25) is 0 Å². The summed E-state index contributed by atoms with van der Waals surface area (Å²) in [6.45, 7) is 7.41. The Bertz CT molecular complexity index is 441. The van der Waals surface area contributed by atoms with E-state index in [9.17, 15) is 0 Å². The molecule has 2 heterocycles. The minimum absolute atomic E-state index is 0.551. The summed E-state index contributed by atoms with van der Waals surface area (Å²) < 4.78 is 10.8. The van der Waals surface area contributed by atoms with Gasteiger partial charge in [0.05, 0.1) is 14.2 Å². The van der Waals surface area contributed by atoms with Crippen LogP contribution in [0.4, 0.5) is 0 Å². The number of likely N-dealkylation sites (N-methyl/N-ethyl adjacent to an activating group) is 1. The van der Waals surface area contributed by atoms with E-state index in [4.69, 9.17) is 9.47 Å². The first-order valence-electron chi connectivity index (χ1n) is 7.07. The van der Waals surface area contributed by atoms with Crippen molar-refractivity contribution in [2.24, 2.45) is 0 Å². The molecule has 0 aromatic carbocycles. The van der Waals surface area contributed by atoms with Crippen LogP contribution in [0.2, 0.25) is 0 Å². The van der Waals surface area contributed by atoms with Crippen molar-refractivity contribution in [3.05, 3.63) is 18.0 Å². The van der Waals surface area contributed by atoms with E-state index < -0.39 is 0 Å². The Kier molecular flexibility index (Phi) is 4.83. The van der Waals surface area contributed by atoms with Crippen LogP contribution in [0.1, 0.15) is 19.5 Å². The molecule has 1 aromatic rings. The standard InChI is InChI=1S/C15H25N3O2/c1-11-8-18(9-12(2)17(11)3)10-13-15(20-5)14(19-4)6-7-16-13/h6-7,11-12H,8-10H2,1-5H3/t11-,12-/m1/s1. The van der Waals surface area contributed by atoms with Gasteiger partial charge in [-0.3, -0.25) is 14.8 Å². The second-order valence-electron chi connectivity index (χ2n) is 5.55. The van der Waals surface area contributed by atoms with Crippen molar-refractivity contribution in [2.45, 2.75) is 32.5 Å². The van der Waals surface area contributed by atoms with Gasteiger partial charge >= 0.3 is 0 Å². The maximum absolute atomic E-state index is 5.46. The molecule has 0 amide bonds. The average Bonchev–Trinajstić information content (AvgIpc) is 2.44. The highest BCUT2D eigenvalue weighted by atomic mass is 16.5. The lowest BCUT2D eigenvalue weighted by atomic mass is 10.1. The first-order valence-corrected chi connectivity index (χ1v) is 7.07. The van der Waals surface area contributed by atoms with Crippen LogP contribution in [0.15, 0.2) is 12.3 Å². The Morgan fingerprint density at radius 2 is 1.85 bits per heavy atom. The van der Waals surface area contributed by atoms with E-state index in [0.717, 1.165) is 36.8 Å². The third kappa shape index (κ3) is 3.04. The van der Waals surface area contributed by atoms with Gasteiger partial charge in [0.15, 0.2) is 11.5 Å². The van der Waals surface area contributed by atoms with Crippen molar-refractivity contribution in [1.82, 2.24) is 14.8 Å². The quantitative estimate of drug-likeness (QED) is 0.837. The van der Waals surface area contributed by atoms with Gasteiger partial charge < -0.3 is 9.47 Å². The van der Waals surface area contributed by atoms with Gasteiger partial charge in [0, 0.05) is 44.0 Å². The fourth-order valence-electron chi connectivity index (χ4n) is 2.82. The first kappa shape index (κ1) is 15.1. The van der Waals surface area contributed by atoms with Gasteiger partial charge in [-0.25, -0.2) is 0 Å². The van der Waals surface area contributed by atoms with Crippen LogP contribution in [0.5, 0.6) is 11.5 Å². The molecular formula is C15H25N3O2. The molecule has 2 atom stereocenters. The molecule has 1 fully saturated rings. The second kappa shape index (κ2) is 6.41. The topological polar surface area (TPSA) is 37.8 Å². The molecule has 0 unspecified atom stereocenters. The number of ether oxygens (including phenoxy) is 2. The maximum atomic E-state index is 5.46. The van der Waals surface area contributed by atoms with E-state index >= 15 is 0 Å². The number of aromatic nitrogens is 1. The van der Waals surface area contributed by atoms with Crippen LogP contribution in [0.25, 0.3) is 0 Å². The first-order chi connectivity index (χ1) is 9.56. The summed E-state index contributed by atoms with van der Waals surface area (Å²) >= 11 is 0. The summed E-state index contributed by atoms with van der Waals surface area (Å²) in [5.74, 6) is 1.49. The molecule has 20 heavy (non-hydrogen) atoms. The molecule has 1 aliphatic rings. The predicted octanol–water partition coefficient (Wildman–Crippen LogP) is 1.62. The van der Waals surface area contributed by atoms with Gasteiger partial charge in [-0.15, -0.1) is 0 Å². The third-order valence-corrected chi connectivity index (χ3v) is 4.17. The van der Waals surface area contributed by atoms with E-state index in [2.05, 4.69) is 35.7 Å². The molecular weight excluding hydrogens is 254 g/mol. The molecule has 5 nitrogen and oxygen atoms in total. The summed E-state index contributed by atoms with van der Waals surface area (Å²) in [5, 5.41) is 0. The molecule has 0 radical (unpaired) electrons. The van der Waals surface area contributed by atoms with E-state index in [1.165, 1.54) is 0 Å². The smallest absolute Gasteiger partial charge is 0.183 e. The van der Waals surface area contributed by atoms with Crippen molar-refractivity contribution in [1.29, 1.82) is 0 Å². The Morgan fingerprint density at radius 3 is 2.40 bits per heavy atom. The zero-order chi connectivity index (χ0) is 14.7. The summed E-state index contributed by atoms with van der Waals surface area (Å²) in [7, 11) is 5.51. The van der Waals surface area contributed by atoms with Crippen molar-refractivity contribution in [3.63, 3.8) is 0 Å². The minimum Gasteiger partial charge on any atom is -0.493 e. The van der Waals surface area contributed by atoms with Gasteiger partial charge in [-0.2, -0.15) is 0 Å². The molecule has 0 N–H and O–H groups in total. The van der Waals surface area contributed by atoms with Crippen molar-refractivity contribution in [2.75, 3.05) is 34.4 Å². The molecule has 0 aliphatic carbocycles. The lowest BCUT2D eigenvalue weighted by molar-refractivity contribution is 0.0544. The van der Waals surface area contributed by atoms with E-state index in [1.807, 2.05) is 6.07 Å². The van der Waals surface area contributed by atoms with Crippen LogP contribution in [0.3, 0.4) is 0 Å². The molecule has 112 valence electrons. The highest BCUT2D eigenvalue weighted by Crippen LogP contribution is 2.30. The Morgan fingerprint density at radius 1 is 1.20 bits per heavy atom. The van der Waals surface area contributed by atoms with Gasteiger partial charge in [-0.1, -0.05) is 0 Å². The van der Waals surface area contributed by atoms with Gasteiger partial charge in [0.1, 0.15) is 5.69 Å². The number of hydrogen-bond donors (Lipinski definition) is 0. The highest BCUT2D eigenvalue weighted by molar-refractivity contribution is 5.42. The number of rotatable bonds is 4. The Labute approximate surface area is 121 Å². The van der Waals surface area contributed by atoms with Crippen molar-refractivity contribution in [3.8, 4) is 11.5 Å². The fourth-order valence-corrected chi connectivity index (χ4v) is 2.82. The van der Waals surface area contributed by atoms with Crippen LogP contribution in [-0.4, -0.2) is 61.2 Å². The van der Waals surface area contributed by atoms with E-state index in [0.29, 0.717) is 12.1 Å². The summed E-state index contributed by atoms with van der Waals surface area (Å²) in [5.41, 5.74) is 0.941. The fraction of sp³-hybridized carbons (Fsp3) is 0.667. The molecule has 0 saturated carbocycles. The van der Waals surface area contributed by atoms with E-state index in [-0.39, 0.29) is 0 Å². The maximum Gasteiger partial charge on any atom is 0.183 e. The van der Waals surface area contributed by atoms with Crippen molar-refractivity contribution >= 4 is 0 Å². The molecule has 0 bridgehead atoms. The lowest BCUT2D eigenvalue weighted by Crippen LogP contribution is -2.54. The largest absolute Gasteiger partial charge is 0.493 e. The summed E-state index contributed by atoms with van der Waals surface area (Å²) in [4.78, 5) is 9.31. The normalized spacial score (nSPS) is 24.6. The minimum atomic E-state index is 0.551. The van der Waals surface area contributed by atoms with Crippen molar-refractivity contribution < 1.29 is 9.47 Å². The van der Waals surface area contributed by atoms with Crippen LogP contribution in [-0.2, 0) is 6.54 Å². The van der Waals surface area contributed by atoms with Gasteiger partial charge in [-0.05, 0) is 20.9 Å². The highest BCUT2D eigenvalue weighted by Gasteiger charge is 2.27. The number of pyridine rings is 1. The second-order valence-corrected chi connectivity index (χ2v) is 5.55. The number of nitrogens with zero attached hydrogens (tertiary/aromatic N) is 3. The predicted molar refractivity (Wildman–Crippen MR) is 79.3 cm³/mol.